The molecule has 0 aliphatic rings. The zero-order chi connectivity index (χ0) is 31.9. The normalized spacial score (nSPS) is 11.3. The Morgan fingerprint density at radius 2 is 0.958 bits per heavy atom. The van der Waals surface area contributed by atoms with Gasteiger partial charge in [0.05, 0.1) is 5.69 Å². The lowest BCUT2D eigenvalue weighted by Crippen LogP contribution is -2.11. The van der Waals surface area contributed by atoms with Gasteiger partial charge in [-0.25, -0.2) is 0 Å². The van der Waals surface area contributed by atoms with Gasteiger partial charge in [0.15, 0.2) is 0 Å². The van der Waals surface area contributed by atoms with Crippen LogP contribution in [-0.4, -0.2) is 0 Å². The Kier molecular flexibility index (Phi) is 7.07. The van der Waals surface area contributed by atoms with Crippen LogP contribution in [0.1, 0.15) is 0 Å². The molecule has 0 atom stereocenters. The van der Waals surface area contributed by atoms with Crippen molar-refractivity contribution >= 4 is 59.3 Å². The van der Waals surface area contributed by atoms with Gasteiger partial charge < -0.3 is 4.90 Å². The highest BCUT2D eigenvalue weighted by Crippen LogP contribution is 2.43. The standard InChI is InChI=1S/C46H31NS/c1-2-15-37(16-3-1)47(44-22-8-6-19-41(44)36-28-29-43-42-20-7-9-23-45(42)48-46(43)31-36)38-17-10-14-35(30-38)32-24-26-34(27-25-32)40-21-11-13-33-12-4-5-18-39(33)40/h1-31H. The van der Waals surface area contributed by atoms with Gasteiger partial charge in [-0.15, -0.1) is 11.3 Å². The van der Waals surface area contributed by atoms with Crippen molar-refractivity contribution in [1.82, 2.24) is 0 Å². The van der Waals surface area contributed by atoms with E-state index in [-0.39, 0.29) is 0 Å². The van der Waals surface area contributed by atoms with Gasteiger partial charge >= 0.3 is 0 Å². The van der Waals surface area contributed by atoms with Gasteiger partial charge in [0.1, 0.15) is 0 Å². The largest absolute Gasteiger partial charge is 0.310 e. The van der Waals surface area contributed by atoms with E-state index >= 15 is 0 Å². The first-order valence-electron chi connectivity index (χ1n) is 16.3. The summed E-state index contributed by atoms with van der Waals surface area (Å²) < 4.78 is 2.63. The van der Waals surface area contributed by atoms with Crippen LogP contribution in [-0.2, 0) is 0 Å². The second kappa shape index (κ2) is 12.0. The van der Waals surface area contributed by atoms with E-state index in [1.165, 1.54) is 64.3 Å². The lowest BCUT2D eigenvalue weighted by Gasteiger charge is -2.28. The predicted octanol–water partition coefficient (Wildman–Crippen LogP) is 13.7. The number of para-hydroxylation sites is 2. The summed E-state index contributed by atoms with van der Waals surface area (Å²) in [6.07, 6.45) is 0. The van der Waals surface area contributed by atoms with E-state index < -0.39 is 0 Å². The summed E-state index contributed by atoms with van der Waals surface area (Å²) in [6.45, 7) is 0. The Morgan fingerprint density at radius 3 is 1.85 bits per heavy atom. The number of hydrogen-bond donors (Lipinski definition) is 0. The summed E-state index contributed by atoms with van der Waals surface area (Å²) in [4.78, 5) is 2.39. The van der Waals surface area contributed by atoms with Crippen molar-refractivity contribution in [2.75, 3.05) is 4.90 Å². The number of rotatable bonds is 6. The summed E-state index contributed by atoms with van der Waals surface area (Å²) >= 11 is 1.86. The van der Waals surface area contributed by atoms with Crippen molar-refractivity contribution in [2.24, 2.45) is 0 Å². The molecule has 0 fully saturated rings. The van der Waals surface area contributed by atoms with Crippen molar-refractivity contribution in [3.05, 3.63) is 188 Å². The van der Waals surface area contributed by atoms with Crippen molar-refractivity contribution in [2.45, 2.75) is 0 Å². The molecule has 0 radical (unpaired) electrons. The summed E-state index contributed by atoms with van der Waals surface area (Å²) in [7, 11) is 0. The maximum atomic E-state index is 2.39. The van der Waals surface area contributed by atoms with E-state index in [1.54, 1.807) is 0 Å². The molecule has 1 heterocycles. The molecule has 0 aliphatic carbocycles. The van der Waals surface area contributed by atoms with Crippen LogP contribution >= 0.6 is 11.3 Å². The van der Waals surface area contributed by atoms with Crippen LogP contribution < -0.4 is 4.90 Å². The zero-order valence-corrected chi connectivity index (χ0v) is 27.1. The van der Waals surface area contributed by atoms with Gasteiger partial charge in [-0.05, 0) is 81.1 Å². The molecule has 1 aromatic heterocycles. The summed E-state index contributed by atoms with van der Waals surface area (Å²) in [5.74, 6) is 0. The lowest BCUT2D eigenvalue weighted by molar-refractivity contribution is 1.28. The second-order valence-corrected chi connectivity index (χ2v) is 13.2. The molecule has 0 aliphatic heterocycles. The third kappa shape index (κ3) is 5.04. The van der Waals surface area contributed by atoms with E-state index in [4.69, 9.17) is 0 Å². The third-order valence-electron chi connectivity index (χ3n) is 9.27. The average Bonchev–Trinajstić information content (AvgIpc) is 3.54. The molecule has 0 saturated heterocycles. The number of thiophene rings is 1. The van der Waals surface area contributed by atoms with E-state index in [1.807, 2.05) is 11.3 Å². The molecule has 9 aromatic rings. The average molecular weight is 630 g/mol. The van der Waals surface area contributed by atoms with Crippen molar-refractivity contribution < 1.29 is 0 Å². The molecule has 48 heavy (non-hydrogen) atoms. The van der Waals surface area contributed by atoms with E-state index in [0.29, 0.717) is 0 Å². The minimum Gasteiger partial charge on any atom is -0.310 e. The molecule has 226 valence electrons. The quantitative estimate of drug-likeness (QED) is 0.177. The lowest BCUT2D eigenvalue weighted by atomic mass is 9.96. The monoisotopic (exact) mass is 629 g/mol. The Bertz CT molecular complexity index is 2560. The number of nitrogens with zero attached hydrogens (tertiary/aromatic N) is 1. The molecule has 1 nitrogen and oxygen atoms in total. The first-order valence-corrected chi connectivity index (χ1v) is 17.2. The SMILES string of the molecule is c1ccc(N(c2cccc(-c3ccc(-c4cccc5ccccc45)cc3)c2)c2ccccc2-c2ccc3c(c2)sc2ccccc23)cc1. The fourth-order valence-corrected chi connectivity index (χ4v) is 8.10. The van der Waals surface area contributed by atoms with Crippen molar-refractivity contribution in [3.63, 3.8) is 0 Å². The number of fused-ring (bicyclic) bond motifs is 4. The second-order valence-electron chi connectivity index (χ2n) is 12.2. The fourth-order valence-electron chi connectivity index (χ4n) is 6.95. The van der Waals surface area contributed by atoms with E-state index in [0.717, 1.165) is 17.1 Å². The maximum Gasteiger partial charge on any atom is 0.0540 e. The van der Waals surface area contributed by atoms with Crippen LogP contribution in [0.15, 0.2) is 188 Å². The van der Waals surface area contributed by atoms with E-state index in [9.17, 15) is 0 Å². The zero-order valence-electron chi connectivity index (χ0n) is 26.3. The van der Waals surface area contributed by atoms with Crippen molar-refractivity contribution in [3.8, 4) is 33.4 Å². The molecular weight excluding hydrogens is 599 g/mol. The highest BCUT2D eigenvalue weighted by atomic mass is 32.1. The third-order valence-corrected chi connectivity index (χ3v) is 10.4. The van der Waals surface area contributed by atoms with Gasteiger partial charge in [-0.1, -0.05) is 146 Å². The van der Waals surface area contributed by atoms with Crippen molar-refractivity contribution in [1.29, 1.82) is 0 Å². The first-order chi connectivity index (χ1) is 23.8. The highest BCUT2D eigenvalue weighted by Gasteiger charge is 2.18. The van der Waals surface area contributed by atoms with Crippen LogP contribution in [0.4, 0.5) is 17.1 Å². The Morgan fingerprint density at radius 1 is 0.333 bits per heavy atom. The Labute approximate surface area is 284 Å². The Balaban J connectivity index is 1.13. The Hall–Kier alpha value is -5.96. The smallest absolute Gasteiger partial charge is 0.0540 e. The van der Waals surface area contributed by atoms with E-state index in [2.05, 4.69) is 193 Å². The molecule has 0 bridgehead atoms. The molecule has 0 unspecified atom stereocenters. The van der Waals surface area contributed by atoms with Gasteiger partial charge in [0, 0.05) is 37.1 Å². The molecule has 8 aromatic carbocycles. The molecule has 0 amide bonds. The fraction of sp³-hybridized carbons (Fsp3) is 0. The van der Waals surface area contributed by atoms with Crippen LogP contribution in [0.25, 0.3) is 64.3 Å². The summed E-state index contributed by atoms with van der Waals surface area (Å²) in [5.41, 5.74) is 10.7. The minimum atomic E-state index is 1.12. The van der Waals surface area contributed by atoms with Crippen LogP contribution in [0.5, 0.6) is 0 Å². The summed E-state index contributed by atoms with van der Waals surface area (Å²) in [6, 6.07) is 68.1. The number of anilines is 3. The molecule has 9 rings (SSSR count). The van der Waals surface area contributed by atoms with Crippen LogP contribution in [0, 0.1) is 0 Å². The minimum absolute atomic E-state index is 1.12. The predicted molar refractivity (Wildman–Crippen MR) is 208 cm³/mol. The van der Waals surface area contributed by atoms with Gasteiger partial charge in [0.2, 0.25) is 0 Å². The number of hydrogen-bond acceptors (Lipinski definition) is 2. The van der Waals surface area contributed by atoms with Crippen LogP contribution in [0.2, 0.25) is 0 Å². The first kappa shape index (κ1) is 28.3. The molecule has 0 saturated carbocycles. The summed E-state index contributed by atoms with van der Waals surface area (Å²) in [5, 5.41) is 5.18. The highest BCUT2D eigenvalue weighted by molar-refractivity contribution is 7.25. The van der Waals surface area contributed by atoms with Gasteiger partial charge in [0.25, 0.3) is 0 Å². The van der Waals surface area contributed by atoms with Gasteiger partial charge in [-0.2, -0.15) is 0 Å². The van der Waals surface area contributed by atoms with Gasteiger partial charge in [-0.3, -0.25) is 0 Å². The molecule has 2 heteroatoms. The topological polar surface area (TPSA) is 3.24 Å². The maximum absolute atomic E-state index is 2.39. The van der Waals surface area contributed by atoms with Crippen LogP contribution in [0.3, 0.4) is 0 Å². The molecule has 0 N–H and O–H groups in total. The number of benzene rings is 8. The molecular formula is C46H31NS. The molecule has 0 spiro atoms.